The molecule has 0 aromatic heterocycles. The van der Waals surface area contributed by atoms with E-state index in [-0.39, 0.29) is 12.4 Å². The third-order valence-electron chi connectivity index (χ3n) is 1.81. The Balaban J connectivity index is 0. The van der Waals surface area contributed by atoms with Gasteiger partial charge < -0.3 is 5.11 Å². The third-order valence-corrected chi connectivity index (χ3v) is 1.81. The van der Waals surface area contributed by atoms with E-state index in [2.05, 4.69) is 0 Å². The molecule has 1 N–H and O–H groups in total. The Bertz CT molecular complexity index is 374. The SMILES string of the molecule is Cl.O=C(O)C(F)(F)C(F)(F)C(F)(F)C(F)(F)C(F)(F)F. The zero-order chi connectivity index (χ0) is 16.1. The van der Waals surface area contributed by atoms with Gasteiger partial charge in [0.15, 0.2) is 0 Å². The van der Waals surface area contributed by atoms with Crippen molar-refractivity contribution in [3.05, 3.63) is 0 Å². The highest BCUT2D eigenvalue weighted by molar-refractivity contribution is 5.85. The summed E-state index contributed by atoms with van der Waals surface area (Å²) in [6.07, 6.45) is -7.30. The van der Waals surface area contributed by atoms with E-state index in [1.165, 1.54) is 0 Å². The summed E-state index contributed by atoms with van der Waals surface area (Å²) in [7, 11) is 0. The Kier molecular flexibility index (Phi) is 5.40. The minimum absolute atomic E-state index is 0. The first-order valence-corrected chi connectivity index (χ1v) is 3.76. The van der Waals surface area contributed by atoms with Gasteiger partial charge in [0.25, 0.3) is 0 Å². The minimum Gasteiger partial charge on any atom is -0.477 e. The minimum atomic E-state index is -7.68. The van der Waals surface area contributed by atoms with Crippen LogP contribution in [0, 0.1) is 0 Å². The van der Waals surface area contributed by atoms with Crippen LogP contribution in [0.1, 0.15) is 0 Å². The van der Waals surface area contributed by atoms with Gasteiger partial charge in [0.1, 0.15) is 0 Å². The molecule has 0 aromatic carbocycles. The molecule has 0 radical (unpaired) electrons. The molecule has 0 heterocycles. The molecule has 2 nitrogen and oxygen atoms in total. The second kappa shape index (κ2) is 5.07. The topological polar surface area (TPSA) is 37.3 Å². The smallest absolute Gasteiger partial charge is 0.460 e. The Labute approximate surface area is 107 Å². The molecule has 0 atom stereocenters. The molecule has 20 heavy (non-hydrogen) atoms. The van der Waals surface area contributed by atoms with E-state index in [0.29, 0.717) is 0 Å². The summed E-state index contributed by atoms with van der Waals surface area (Å²) in [5, 5.41) is 7.52. The average molecular weight is 351 g/mol. The van der Waals surface area contributed by atoms with Crippen LogP contribution >= 0.6 is 12.4 Å². The van der Waals surface area contributed by atoms with Crippen LogP contribution in [0.15, 0.2) is 0 Å². The van der Waals surface area contributed by atoms with Crippen molar-refractivity contribution < 1.29 is 58.2 Å². The van der Waals surface area contributed by atoms with Crippen LogP contribution in [-0.2, 0) is 4.79 Å². The standard InChI is InChI=1S/C6HF11O2.ClH/c7-2(8,1(18)19)3(9,10)4(11,12)5(13,14)6(15,16)17;/h(H,18,19);1H. The van der Waals surface area contributed by atoms with Crippen molar-refractivity contribution in [2.75, 3.05) is 0 Å². The van der Waals surface area contributed by atoms with Gasteiger partial charge in [-0.25, -0.2) is 4.79 Å². The Morgan fingerprint density at radius 3 is 1.15 bits per heavy atom. The monoisotopic (exact) mass is 350 g/mol. The lowest BCUT2D eigenvalue weighted by atomic mass is 9.98. The molecule has 0 aliphatic carbocycles. The second-order valence-electron chi connectivity index (χ2n) is 3.10. The predicted octanol–water partition coefficient (Wildman–Crippen LogP) is 3.60. The van der Waals surface area contributed by atoms with E-state index in [0.717, 1.165) is 0 Å². The molecule has 14 heteroatoms. The predicted molar refractivity (Wildman–Crippen MR) is 40.7 cm³/mol. The number of carbonyl (C=O) groups is 1. The summed E-state index contributed by atoms with van der Waals surface area (Å²) in [4.78, 5) is 9.60. The second-order valence-corrected chi connectivity index (χ2v) is 3.10. The van der Waals surface area contributed by atoms with E-state index < -0.39 is 35.8 Å². The van der Waals surface area contributed by atoms with E-state index in [9.17, 15) is 53.1 Å². The highest BCUT2D eigenvalue weighted by Crippen LogP contribution is 2.57. The van der Waals surface area contributed by atoms with Crippen LogP contribution in [0.3, 0.4) is 0 Å². The van der Waals surface area contributed by atoms with Crippen LogP contribution in [-0.4, -0.2) is 40.9 Å². The number of carboxylic acids is 1. The fourth-order valence-corrected chi connectivity index (χ4v) is 0.707. The maximum Gasteiger partial charge on any atom is 0.460 e. The molecule has 0 saturated heterocycles. The number of aliphatic carboxylic acids is 1. The normalized spacial score (nSPS) is 14.8. The van der Waals surface area contributed by atoms with Crippen LogP contribution in [0.5, 0.6) is 0 Å². The first-order valence-electron chi connectivity index (χ1n) is 3.76. The van der Waals surface area contributed by atoms with Crippen molar-refractivity contribution in [2.45, 2.75) is 29.9 Å². The van der Waals surface area contributed by atoms with Crippen molar-refractivity contribution >= 4 is 18.4 Å². The fourth-order valence-electron chi connectivity index (χ4n) is 0.707. The summed E-state index contributed by atoms with van der Waals surface area (Å²) < 4.78 is 133. The summed E-state index contributed by atoms with van der Waals surface area (Å²) in [5.74, 6) is -33.6. The molecule has 0 aromatic rings. The van der Waals surface area contributed by atoms with Crippen molar-refractivity contribution in [3.8, 4) is 0 Å². The molecule has 122 valence electrons. The molecule has 0 fully saturated rings. The van der Waals surface area contributed by atoms with Crippen LogP contribution in [0.4, 0.5) is 48.3 Å². The molecule has 0 aliphatic rings. The Morgan fingerprint density at radius 1 is 0.650 bits per heavy atom. The molecular formula is C6H2ClF11O2. The zero-order valence-corrected chi connectivity index (χ0v) is 9.24. The van der Waals surface area contributed by atoms with Crippen molar-refractivity contribution in [1.82, 2.24) is 0 Å². The van der Waals surface area contributed by atoms with Gasteiger partial charge in [0.2, 0.25) is 0 Å². The van der Waals surface area contributed by atoms with Crippen LogP contribution < -0.4 is 0 Å². The lowest BCUT2D eigenvalue weighted by Gasteiger charge is -2.35. The van der Waals surface area contributed by atoms with Gasteiger partial charge in [-0.1, -0.05) is 0 Å². The lowest BCUT2D eigenvalue weighted by Crippen LogP contribution is -2.68. The van der Waals surface area contributed by atoms with E-state index in [1.54, 1.807) is 0 Å². The largest absolute Gasteiger partial charge is 0.477 e. The Hall–Kier alpha value is -1.01. The van der Waals surface area contributed by atoms with Crippen LogP contribution in [0.2, 0.25) is 0 Å². The highest BCUT2D eigenvalue weighted by Gasteiger charge is 2.88. The third kappa shape index (κ3) is 2.59. The Morgan fingerprint density at radius 2 is 0.950 bits per heavy atom. The maximum atomic E-state index is 12.4. The van der Waals surface area contributed by atoms with Gasteiger partial charge in [-0.3, -0.25) is 0 Å². The molecular weight excluding hydrogens is 348 g/mol. The number of alkyl halides is 11. The van der Waals surface area contributed by atoms with E-state index >= 15 is 0 Å². The van der Waals surface area contributed by atoms with Gasteiger partial charge in [-0.2, -0.15) is 48.3 Å². The first-order chi connectivity index (χ1) is 7.94. The first kappa shape index (κ1) is 21.3. The summed E-state index contributed by atoms with van der Waals surface area (Å²) in [6.45, 7) is 0. The molecule has 0 amide bonds. The molecule has 0 rings (SSSR count). The number of carboxylic acid groups (broad SMARTS) is 1. The van der Waals surface area contributed by atoms with Crippen molar-refractivity contribution in [2.24, 2.45) is 0 Å². The van der Waals surface area contributed by atoms with Crippen molar-refractivity contribution in [3.63, 3.8) is 0 Å². The van der Waals surface area contributed by atoms with Gasteiger partial charge in [0.05, 0.1) is 0 Å². The fraction of sp³-hybridized carbons (Fsp3) is 0.833. The van der Waals surface area contributed by atoms with Gasteiger partial charge in [0, 0.05) is 0 Å². The molecule has 0 unspecified atom stereocenters. The lowest BCUT2D eigenvalue weighted by molar-refractivity contribution is -0.418. The molecule has 0 bridgehead atoms. The zero-order valence-electron chi connectivity index (χ0n) is 8.42. The van der Waals surface area contributed by atoms with Gasteiger partial charge in [-0.15, -0.1) is 12.4 Å². The highest BCUT2D eigenvalue weighted by atomic mass is 35.5. The molecule has 0 saturated carbocycles. The average Bonchev–Trinajstić information content (AvgIpc) is 2.14. The summed E-state index contributed by atoms with van der Waals surface area (Å²) in [5.41, 5.74) is 0. The number of hydrogen-bond acceptors (Lipinski definition) is 1. The van der Waals surface area contributed by atoms with E-state index in [1.807, 2.05) is 0 Å². The van der Waals surface area contributed by atoms with Gasteiger partial charge >= 0.3 is 35.8 Å². The van der Waals surface area contributed by atoms with Crippen molar-refractivity contribution in [1.29, 1.82) is 0 Å². The van der Waals surface area contributed by atoms with Gasteiger partial charge in [-0.05, 0) is 0 Å². The van der Waals surface area contributed by atoms with E-state index in [4.69, 9.17) is 5.11 Å². The molecule has 0 spiro atoms. The number of rotatable bonds is 4. The summed E-state index contributed by atoms with van der Waals surface area (Å²) in [6, 6.07) is 0. The van der Waals surface area contributed by atoms with Crippen LogP contribution in [0.25, 0.3) is 0 Å². The quantitative estimate of drug-likeness (QED) is 0.787. The number of halogens is 12. The number of hydrogen-bond donors (Lipinski definition) is 1. The maximum absolute atomic E-state index is 12.4. The molecule has 0 aliphatic heterocycles. The summed E-state index contributed by atoms with van der Waals surface area (Å²) >= 11 is 0.